The summed E-state index contributed by atoms with van der Waals surface area (Å²) in [5.74, 6) is 0.991. The van der Waals surface area contributed by atoms with Crippen LogP contribution < -0.4 is 19.7 Å². The largest absolute Gasteiger partial charge is 0.493 e. The van der Waals surface area contributed by atoms with Gasteiger partial charge in [0.2, 0.25) is 11.8 Å². The number of amides is 2. The quantitative estimate of drug-likeness (QED) is 0.843. The van der Waals surface area contributed by atoms with Gasteiger partial charge < -0.3 is 24.2 Å². The number of carbonyl (C=O) groups is 2. The van der Waals surface area contributed by atoms with Crippen LogP contribution in [0.4, 0.5) is 5.69 Å². The molecule has 26 heavy (non-hydrogen) atoms. The maximum absolute atomic E-state index is 12.4. The lowest BCUT2D eigenvalue weighted by atomic mass is 10.1. The Hall–Kier alpha value is -3.03. The third-order valence-electron chi connectivity index (χ3n) is 4.29. The van der Waals surface area contributed by atoms with Gasteiger partial charge in [-0.15, -0.1) is 0 Å². The van der Waals surface area contributed by atoms with Crippen LogP contribution in [0.15, 0.2) is 28.8 Å². The summed E-state index contributed by atoms with van der Waals surface area (Å²) in [7, 11) is 3.09. The predicted molar refractivity (Wildman–Crippen MR) is 93.1 cm³/mol. The van der Waals surface area contributed by atoms with E-state index in [-0.39, 0.29) is 24.8 Å². The second kappa shape index (κ2) is 7.47. The number of aryl methyl sites for hydroxylation is 1. The number of aromatic nitrogens is 1. The van der Waals surface area contributed by atoms with Gasteiger partial charge in [-0.3, -0.25) is 9.59 Å². The molecule has 138 valence electrons. The molecule has 1 aliphatic rings. The number of anilines is 1. The van der Waals surface area contributed by atoms with Crippen LogP contribution in [0.5, 0.6) is 11.5 Å². The lowest BCUT2D eigenvalue weighted by Gasteiger charge is -2.18. The number of nitrogens with one attached hydrogen (secondary N) is 1. The van der Waals surface area contributed by atoms with Crippen molar-refractivity contribution in [1.29, 1.82) is 0 Å². The minimum Gasteiger partial charge on any atom is -0.493 e. The molecular formula is C18H21N3O5. The van der Waals surface area contributed by atoms with Gasteiger partial charge in [-0.05, 0) is 19.1 Å². The Morgan fingerprint density at radius 1 is 1.31 bits per heavy atom. The summed E-state index contributed by atoms with van der Waals surface area (Å²) in [6.07, 6.45) is 0.162. The fourth-order valence-corrected chi connectivity index (χ4v) is 2.94. The summed E-state index contributed by atoms with van der Waals surface area (Å²) in [6.45, 7) is 2.38. The van der Waals surface area contributed by atoms with Crippen molar-refractivity contribution in [2.75, 3.05) is 25.7 Å². The summed E-state index contributed by atoms with van der Waals surface area (Å²) in [5, 5.41) is 6.57. The molecule has 1 saturated heterocycles. The molecule has 8 nitrogen and oxygen atoms in total. The molecule has 1 N–H and O–H groups in total. The van der Waals surface area contributed by atoms with Crippen molar-refractivity contribution >= 4 is 17.5 Å². The maximum atomic E-state index is 12.4. The fourth-order valence-electron chi connectivity index (χ4n) is 2.94. The lowest BCUT2D eigenvalue weighted by molar-refractivity contribution is -0.126. The van der Waals surface area contributed by atoms with Crippen LogP contribution in [0.2, 0.25) is 0 Å². The lowest BCUT2D eigenvalue weighted by Crippen LogP contribution is -2.32. The number of carbonyl (C=O) groups excluding carboxylic acids is 2. The summed E-state index contributed by atoms with van der Waals surface area (Å²) >= 11 is 0. The number of hydrogen-bond donors (Lipinski definition) is 1. The normalized spacial score (nSPS) is 16.7. The second-order valence-corrected chi connectivity index (χ2v) is 6.10. The highest BCUT2D eigenvalue weighted by atomic mass is 16.5. The fraction of sp³-hybridized carbons (Fsp3) is 0.389. The van der Waals surface area contributed by atoms with Gasteiger partial charge in [-0.1, -0.05) is 5.16 Å². The van der Waals surface area contributed by atoms with Crippen LogP contribution in [0.3, 0.4) is 0 Å². The minimum atomic E-state index is -0.417. The molecule has 1 unspecified atom stereocenters. The molecule has 2 amide bonds. The number of rotatable bonds is 6. The van der Waals surface area contributed by atoms with E-state index in [9.17, 15) is 9.59 Å². The number of ether oxygens (including phenoxy) is 2. The molecule has 1 fully saturated rings. The summed E-state index contributed by atoms with van der Waals surface area (Å²) in [5.41, 5.74) is 1.43. The molecule has 0 spiro atoms. The van der Waals surface area contributed by atoms with Crippen molar-refractivity contribution in [3.8, 4) is 11.5 Å². The molecule has 1 atom stereocenters. The summed E-state index contributed by atoms with van der Waals surface area (Å²) in [4.78, 5) is 26.3. The van der Waals surface area contributed by atoms with E-state index >= 15 is 0 Å². The van der Waals surface area contributed by atoms with E-state index in [2.05, 4.69) is 10.5 Å². The van der Waals surface area contributed by atoms with Crippen LogP contribution in [-0.2, 0) is 16.1 Å². The third-order valence-corrected chi connectivity index (χ3v) is 4.29. The zero-order chi connectivity index (χ0) is 18.7. The Balaban J connectivity index is 1.65. The average Bonchev–Trinajstić information content (AvgIpc) is 3.24. The number of nitrogens with zero attached hydrogens (tertiary/aromatic N) is 2. The SMILES string of the molecule is COc1ccc(N2CC(C(=O)NCc3cc(C)no3)CC2=O)cc1OC. The molecule has 0 aliphatic carbocycles. The average molecular weight is 359 g/mol. The topological polar surface area (TPSA) is 93.9 Å². The van der Waals surface area contributed by atoms with Crippen LogP contribution in [0.25, 0.3) is 0 Å². The Bertz CT molecular complexity index is 817. The molecular weight excluding hydrogens is 338 g/mol. The number of hydrogen-bond acceptors (Lipinski definition) is 6. The van der Waals surface area contributed by atoms with Gasteiger partial charge in [0.25, 0.3) is 0 Å². The highest BCUT2D eigenvalue weighted by Crippen LogP contribution is 2.34. The molecule has 2 heterocycles. The Morgan fingerprint density at radius 2 is 2.08 bits per heavy atom. The van der Waals surface area contributed by atoms with E-state index in [1.54, 1.807) is 36.3 Å². The molecule has 1 aliphatic heterocycles. The Morgan fingerprint density at radius 3 is 2.73 bits per heavy atom. The van der Waals surface area contributed by atoms with E-state index in [1.807, 2.05) is 6.92 Å². The van der Waals surface area contributed by atoms with Gasteiger partial charge >= 0.3 is 0 Å². The first kappa shape index (κ1) is 17.8. The van der Waals surface area contributed by atoms with E-state index in [1.165, 1.54) is 7.11 Å². The standard InChI is InChI=1S/C18H21N3O5/c1-11-6-14(26-20-11)9-19-18(23)12-7-17(22)21(10-12)13-4-5-15(24-2)16(8-13)25-3/h4-6,8,12H,7,9-10H2,1-3H3,(H,19,23). The first-order chi connectivity index (χ1) is 12.5. The van der Waals surface area contributed by atoms with Crippen LogP contribution >= 0.6 is 0 Å². The first-order valence-electron chi connectivity index (χ1n) is 8.24. The molecule has 2 aromatic rings. The number of methoxy groups -OCH3 is 2. The highest BCUT2D eigenvalue weighted by molar-refractivity contribution is 6.00. The van der Waals surface area contributed by atoms with Crippen molar-refractivity contribution in [3.05, 3.63) is 35.7 Å². The molecule has 1 aromatic heterocycles. The van der Waals surface area contributed by atoms with Crippen molar-refractivity contribution in [3.63, 3.8) is 0 Å². The molecule has 0 radical (unpaired) electrons. The van der Waals surface area contributed by atoms with Crippen LogP contribution in [0, 0.1) is 12.8 Å². The molecule has 8 heteroatoms. The van der Waals surface area contributed by atoms with Crippen molar-refractivity contribution in [2.45, 2.75) is 19.9 Å². The van der Waals surface area contributed by atoms with Gasteiger partial charge in [0.15, 0.2) is 17.3 Å². The predicted octanol–water partition coefficient (Wildman–Crippen LogP) is 1.67. The zero-order valence-electron chi connectivity index (χ0n) is 14.9. The van der Waals surface area contributed by atoms with Gasteiger partial charge in [0.1, 0.15) is 0 Å². The maximum Gasteiger partial charge on any atom is 0.227 e. The van der Waals surface area contributed by atoms with Gasteiger partial charge in [0, 0.05) is 30.8 Å². The van der Waals surface area contributed by atoms with Crippen LogP contribution in [-0.4, -0.2) is 37.7 Å². The number of benzene rings is 1. The molecule has 1 aromatic carbocycles. The highest BCUT2D eigenvalue weighted by Gasteiger charge is 2.35. The van der Waals surface area contributed by atoms with Crippen molar-refractivity contribution < 1.29 is 23.6 Å². The van der Waals surface area contributed by atoms with Gasteiger partial charge in [-0.25, -0.2) is 0 Å². The minimum absolute atomic E-state index is 0.104. The van der Waals surface area contributed by atoms with Crippen LogP contribution in [0.1, 0.15) is 17.9 Å². The third kappa shape index (κ3) is 3.63. The first-order valence-corrected chi connectivity index (χ1v) is 8.24. The smallest absolute Gasteiger partial charge is 0.227 e. The summed E-state index contributed by atoms with van der Waals surface area (Å²) < 4.78 is 15.6. The van der Waals surface area contributed by atoms with Gasteiger partial charge in [0.05, 0.1) is 32.4 Å². The zero-order valence-corrected chi connectivity index (χ0v) is 14.9. The van der Waals surface area contributed by atoms with Crippen molar-refractivity contribution in [2.24, 2.45) is 5.92 Å². The monoisotopic (exact) mass is 359 g/mol. The Labute approximate surface area is 151 Å². The summed E-state index contributed by atoms with van der Waals surface area (Å²) in [6, 6.07) is 7.00. The van der Waals surface area contributed by atoms with E-state index in [0.29, 0.717) is 29.5 Å². The van der Waals surface area contributed by atoms with E-state index in [0.717, 1.165) is 5.69 Å². The molecule has 0 saturated carbocycles. The molecule has 3 rings (SSSR count). The van der Waals surface area contributed by atoms with E-state index < -0.39 is 5.92 Å². The van der Waals surface area contributed by atoms with Crippen molar-refractivity contribution in [1.82, 2.24) is 10.5 Å². The van der Waals surface area contributed by atoms with E-state index in [4.69, 9.17) is 14.0 Å². The molecule has 0 bridgehead atoms. The van der Waals surface area contributed by atoms with Gasteiger partial charge in [-0.2, -0.15) is 0 Å². The Kier molecular flexibility index (Phi) is 5.11. The second-order valence-electron chi connectivity index (χ2n) is 6.10.